The third-order valence-corrected chi connectivity index (χ3v) is 2.19. The highest BCUT2D eigenvalue weighted by atomic mass is 15.1. The molecule has 2 rings (SSSR count). The van der Waals surface area contributed by atoms with Crippen LogP contribution in [0.25, 0.3) is 0 Å². The minimum absolute atomic E-state index is 0.660. The fourth-order valence-electron chi connectivity index (χ4n) is 1.55. The number of nitrogens with zero attached hydrogens (tertiary/aromatic N) is 2. The molecule has 1 heterocycles. The molecule has 0 atom stereocenters. The molecule has 3 heteroatoms. The van der Waals surface area contributed by atoms with E-state index in [1.807, 2.05) is 12.1 Å². The average Bonchev–Trinajstić information content (AvgIpc) is 2.17. The number of aromatic nitrogens is 2. The van der Waals surface area contributed by atoms with E-state index in [0.29, 0.717) is 5.69 Å². The van der Waals surface area contributed by atoms with Crippen molar-refractivity contribution in [3.8, 4) is 0 Å². The van der Waals surface area contributed by atoms with Gasteiger partial charge in [-0.15, -0.1) is 0 Å². The fraction of sp³-hybridized carbons (Fsp3) is 0.167. The van der Waals surface area contributed by atoms with Gasteiger partial charge >= 0.3 is 0 Å². The van der Waals surface area contributed by atoms with Gasteiger partial charge in [0.2, 0.25) is 0 Å². The molecule has 1 aromatic heterocycles. The van der Waals surface area contributed by atoms with Gasteiger partial charge in [-0.2, -0.15) is 10.2 Å². The van der Waals surface area contributed by atoms with E-state index < -0.39 is 0 Å². The largest absolute Gasteiger partial charge is 0.397 e. The van der Waals surface area contributed by atoms with Crippen molar-refractivity contribution in [2.45, 2.75) is 13.3 Å². The van der Waals surface area contributed by atoms with Crippen molar-refractivity contribution >= 4 is 5.69 Å². The third kappa shape index (κ3) is 2.53. The number of anilines is 1. The van der Waals surface area contributed by atoms with Crippen LogP contribution in [-0.4, -0.2) is 10.2 Å². The molecule has 0 radical (unpaired) electrons. The van der Waals surface area contributed by atoms with Crippen LogP contribution in [0, 0.1) is 6.92 Å². The van der Waals surface area contributed by atoms with Crippen molar-refractivity contribution in [2.24, 2.45) is 0 Å². The number of rotatable bonds is 2. The van der Waals surface area contributed by atoms with Crippen LogP contribution in [0.2, 0.25) is 0 Å². The molecule has 0 unspecified atom stereocenters. The second-order valence-corrected chi connectivity index (χ2v) is 3.65. The van der Waals surface area contributed by atoms with E-state index in [-0.39, 0.29) is 0 Å². The first kappa shape index (κ1) is 9.65. The van der Waals surface area contributed by atoms with Gasteiger partial charge in [-0.1, -0.05) is 29.8 Å². The van der Waals surface area contributed by atoms with Crippen molar-refractivity contribution in [3.63, 3.8) is 0 Å². The molecule has 15 heavy (non-hydrogen) atoms. The Hall–Kier alpha value is -1.90. The van der Waals surface area contributed by atoms with Crippen LogP contribution in [0.1, 0.15) is 16.8 Å². The molecule has 76 valence electrons. The number of nitrogen functional groups attached to an aromatic ring is 1. The molecule has 0 aliphatic heterocycles. The zero-order chi connectivity index (χ0) is 10.7. The summed E-state index contributed by atoms with van der Waals surface area (Å²) < 4.78 is 0. The Labute approximate surface area is 89.0 Å². The maximum absolute atomic E-state index is 5.64. The first-order valence-corrected chi connectivity index (χ1v) is 4.86. The van der Waals surface area contributed by atoms with E-state index in [2.05, 4.69) is 35.3 Å². The molecule has 3 nitrogen and oxygen atoms in total. The van der Waals surface area contributed by atoms with Gasteiger partial charge in [0.1, 0.15) is 0 Å². The monoisotopic (exact) mass is 199 g/mol. The van der Waals surface area contributed by atoms with E-state index in [1.54, 1.807) is 6.20 Å². The third-order valence-electron chi connectivity index (χ3n) is 2.19. The van der Waals surface area contributed by atoms with E-state index in [4.69, 9.17) is 5.73 Å². The first-order valence-electron chi connectivity index (χ1n) is 4.86. The summed E-state index contributed by atoms with van der Waals surface area (Å²) in [6.07, 6.45) is 2.33. The summed E-state index contributed by atoms with van der Waals surface area (Å²) in [5.74, 6) is 0. The predicted molar refractivity (Wildman–Crippen MR) is 60.4 cm³/mol. The van der Waals surface area contributed by atoms with E-state index >= 15 is 0 Å². The van der Waals surface area contributed by atoms with Crippen molar-refractivity contribution in [1.29, 1.82) is 0 Å². The molecule has 2 N–H and O–H groups in total. The van der Waals surface area contributed by atoms with Crippen LogP contribution in [0.5, 0.6) is 0 Å². The van der Waals surface area contributed by atoms with Crippen molar-refractivity contribution in [2.75, 3.05) is 5.73 Å². The summed E-state index contributed by atoms with van der Waals surface area (Å²) >= 11 is 0. The Bertz CT molecular complexity index is 422. The van der Waals surface area contributed by atoms with E-state index in [1.165, 1.54) is 11.1 Å². The Morgan fingerprint density at radius 2 is 2.13 bits per heavy atom. The number of hydrogen-bond donors (Lipinski definition) is 1. The predicted octanol–water partition coefficient (Wildman–Crippen LogP) is 1.96. The molecule has 0 aliphatic carbocycles. The highest BCUT2D eigenvalue weighted by Gasteiger charge is 1.99. The highest BCUT2D eigenvalue weighted by Crippen LogP contribution is 2.10. The van der Waals surface area contributed by atoms with Gasteiger partial charge < -0.3 is 5.73 Å². The van der Waals surface area contributed by atoms with Gasteiger partial charge in [0.05, 0.1) is 17.6 Å². The van der Waals surface area contributed by atoms with Crippen LogP contribution >= 0.6 is 0 Å². The standard InChI is InChI=1S/C12H13N3/c1-9-3-2-4-10(5-9)6-12-7-11(13)8-14-15-12/h2-5,7-8H,6H2,1H3,(H2,13,15). The fourth-order valence-corrected chi connectivity index (χ4v) is 1.55. The lowest BCUT2D eigenvalue weighted by atomic mass is 10.1. The van der Waals surface area contributed by atoms with Gasteiger partial charge in [0.15, 0.2) is 0 Å². The summed E-state index contributed by atoms with van der Waals surface area (Å²) in [6, 6.07) is 10.2. The molecule has 0 saturated carbocycles. The molecule has 0 spiro atoms. The molecule has 0 saturated heterocycles. The number of nitrogens with two attached hydrogens (primary N) is 1. The first-order chi connectivity index (χ1) is 7.24. The quantitative estimate of drug-likeness (QED) is 0.804. The van der Waals surface area contributed by atoms with Gasteiger partial charge in [0.25, 0.3) is 0 Å². The van der Waals surface area contributed by atoms with Gasteiger partial charge in [-0.3, -0.25) is 0 Å². The molecule has 0 fully saturated rings. The van der Waals surface area contributed by atoms with Crippen LogP contribution in [0.4, 0.5) is 5.69 Å². The highest BCUT2D eigenvalue weighted by molar-refractivity contribution is 5.36. The maximum Gasteiger partial charge on any atom is 0.0726 e. The van der Waals surface area contributed by atoms with Crippen LogP contribution < -0.4 is 5.73 Å². The van der Waals surface area contributed by atoms with Crippen LogP contribution in [-0.2, 0) is 6.42 Å². The maximum atomic E-state index is 5.64. The summed E-state index contributed by atoms with van der Waals surface area (Å²) in [5.41, 5.74) is 9.69. The minimum Gasteiger partial charge on any atom is -0.397 e. The topological polar surface area (TPSA) is 51.8 Å². The van der Waals surface area contributed by atoms with E-state index in [0.717, 1.165) is 12.1 Å². The van der Waals surface area contributed by atoms with Gasteiger partial charge in [0, 0.05) is 6.42 Å². The number of aryl methyl sites for hydroxylation is 1. The van der Waals surface area contributed by atoms with Gasteiger partial charge in [-0.05, 0) is 18.6 Å². The smallest absolute Gasteiger partial charge is 0.0726 e. The molecule has 0 amide bonds. The van der Waals surface area contributed by atoms with Gasteiger partial charge in [-0.25, -0.2) is 0 Å². The summed E-state index contributed by atoms with van der Waals surface area (Å²) in [5, 5.41) is 7.86. The Kier molecular flexibility index (Phi) is 2.63. The van der Waals surface area contributed by atoms with Crippen LogP contribution in [0.15, 0.2) is 36.5 Å². The van der Waals surface area contributed by atoms with Crippen molar-refractivity contribution in [3.05, 3.63) is 53.3 Å². The zero-order valence-corrected chi connectivity index (χ0v) is 8.64. The molecule has 2 aromatic rings. The molecule has 0 aliphatic rings. The minimum atomic E-state index is 0.660. The Morgan fingerprint density at radius 3 is 2.87 bits per heavy atom. The molecule has 0 bridgehead atoms. The SMILES string of the molecule is Cc1cccc(Cc2cc(N)cnn2)c1. The second kappa shape index (κ2) is 4.09. The van der Waals surface area contributed by atoms with Crippen LogP contribution in [0.3, 0.4) is 0 Å². The van der Waals surface area contributed by atoms with Crippen molar-refractivity contribution in [1.82, 2.24) is 10.2 Å². The lowest BCUT2D eigenvalue weighted by molar-refractivity contribution is 0.939. The summed E-state index contributed by atoms with van der Waals surface area (Å²) in [7, 11) is 0. The Morgan fingerprint density at radius 1 is 1.27 bits per heavy atom. The lowest BCUT2D eigenvalue weighted by Gasteiger charge is -2.02. The number of hydrogen-bond acceptors (Lipinski definition) is 3. The molecular weight excluding hydrogens is 186 g/mol. The number of benzene rings is 1. The van der Waals surface area contributed by atoms with E-state index in [9.17, 15) is 0 Å². The normalized spacial score (nSPS) is 10.2. The summed E-state index contributed by atoms with van der Waals surface area (Å²) in [6.45, 7) is 2.08. The molecular formula is C12H13N3. The lowest BCUT2D eigenvalue weighted by Crippen LogP contribution is -1.97. The molecule has 1 aromatic carbocycles. The van der Waals surface area contributed by atoms with Crippen molar-refractivity contribution < 1.29 is 0 Å². The summed E-state index contributed by atoms with van der Waals surface area (Å²) in [4.78, 5) is 0. The average molecular weight is 199 g/mol. The Balaban J connectivity index is 2.22. The second-order valence-electron chi connectivity index (χ2n) is 3.65. The zero-order valence-electron chi connectivity index (χ0n) is 8.64.